The fraction of sp³-hybridized carbons (Fsp3) is 0.667. The van der Waals surface area contributed by atoms with Crippen molar-refractivity contribution in [2.75, 3.05) is 0 Å². The van der Waals surface area contributed by atoms with E-state index in [0.717, 1.165) is 33.4 Å². The molecule has 0 amide bonds. The van der Waals surface area contributed by atoms with E-state index in [1.54, 1.807) is 0 Å². The lowest BCUT2D eigenvalue weighted by molar-refractivity contribution is -0.0776. The maximum atomic E-state index is 16.1. The van der Waals surface area contributed by atoms with Crippen molar-refractivity contribution in [2.24, 2.45) is 0 Å². The molecular weight excluding hydrogens is 554 g/mol. The number of hydrogen-bond donors (Lipinski definition) is 0. The molecule has 0 fully saturated rings. The molecule has 2 unspecified atom stereocenters. The molecule has 0 bridgehead atoms. The molecule has 44 heavy (non-hydrogen) atoms. The van der Waals surface area contributed by atoms with Crippen LogP contribution in [0.4, 0.5) is 13.6 Å². The molecular formula is C39H60F2O3. The summed E-state index contributed by atoms with van der Waals surface area (Å²) < 4.78 is 42.5. The van der Waals surface area contributed by atoms with Crippen LogP contribution in [0.5, 0.6) is 0 Å². The summed E-state index contributed by atoms with van der Waals surface area (Å²) in [7, 11) is 0. The fourth-order valence-corrected chi connectivity index (χ4v) is 5.71. The van der Waals surface area contributed by atoms with Gasteiger partial charge in [-0.05, 0) is 78.0 Å². The molecule has 248 valence electrons. The van der Waals surface area contributed by atoms with E-state index in [9.17, 15) is 4.79 Å². The molecule has 0 radical (unpaired) electrons. The van der Waals surface area contributed by atoms with Crippen LogP contribution in [-0.4, -0.2) is 6.16 Å². The first-order chi connectivity index (χ1) is 19.4. The van der Waals surface area contributed by atoms with Gasteiger partial charge in [0.25, 0.3) is 12.7 Å². The Balaban J connectivity index is 2.59. The van der Waals surface area contributed by atoms with Crippen LogP contribution in [0.3, 0.4) is 0 Å². The van der Waals surface area contributed by atoms with Gasteiger partial charge in [0, 0.05) is 11.1 Å². The standard InChI is InChI=1S/C39H60F2O3/c1-34(2,3)25-21-29(38(13,14)15)27(36(7,8)9)19-23(25)31(40)43-33(42)44-32(41)24-20-28(37(10,11)12)30(39(16,17)18)22-26(24)35(4,5)6/h19-22,31-32H,1-18H3. The van der Waals surface area contributed by atoms with E-state index < -0.39 is 29.7 Å². The molecule has 2 aromatic rings. The van der Waals surface area contributed by atoms with Gasteiger partial charge in [0.1, 0.15) is 0 Å². The first kappa shape index (κ1) is 37.8. The van der Waals surface area contributed by atoms with Crippen molar-refractivity contribution in [3.05, 3.63) is 68.8 Å². The third kappa shape index (κ3) is 8.85. The number of ether oxygens (including phenoxy) is 2. The van der Waals surface area contributed by atoms with E-state index in [0.29, 0.717) is 0 Å². The summed E-state index contributed by atoms with van der Waals surface area (Å²) in [6.45, 7) is 37.3. The van der Waals surface area contributed by atoms with Crippen LogP contribution in [0.2, 0.25) is 0 Å². The predicted octanol–water partition coefficient (Wildman–Crippen LogP) is 12.3. The molecule has 2 aromatic carbocycles. The maximum absolute atomic E-state index is 16.1. The highest BCUT2D eigenvalue weighted by Crippen LogP contribution is 2.44. The number of benzene rings is 2. The Hall–Kier alpha value is -2.43. The summed E-state index contributed by atoms with van der Waals surface area (Å²) >= 11 is 0. The lowest BCUT2D eigenvalue weighted by atomic mass is 9.71. The van der Waals surface area contributed by atoms with Gasteiger partial charge >= 0.3 is 6.16 Å². The Kier molecular flexibility index (Phi) is 10.4. The van der Waals surface area contributed by atoms with E-state index in [1.807, 2.05) is 65.8 Å². The molecule has 0 spiro atoms. The largest absolute Gasteiger partial charge is 0.513 e. The van der Waals surface area contributed by atoms with Crippen LogP contribution in [0.15, 0.2) is 24.3 Å². The van der Waals surface area contributed by atoms with Crippen LogP contribution in [0.25, 0.3) is 0 Å². The van der Waals surface area contributed by atoms with Crippen LogP contribution in [0, 0.1) is 0 Å². The zero-order valence-corrected chi connectivity index (χ0v) is 30.9. The summed E-state index contributed by atoms with van der Waals surface area (Å²) in [6.07, 6.45) is -5.65. The van der Waals surface area contributed by atoms with E-state index in [1.165, 1.54) is 0 Å². The summed E-state index contributed by atoms with van der Waals surface area (Å²) in [5.41, 5.74) is 4.31. The topological polar surface area (TPSA) is 35.5 Å². The first-order valence-electron chi connectivity index (χ1n) is 15.9. The second-order valence-electron chi connectivity index (χ2n) is 18.6. The van der Waals surface area contributed by atoms with Gasteiger partial charge in [0.15, 0.2) is 0 Å². The van der Waals surface area contributed by atoms with Gasteiger partial charge in [-0.1, -0.05) is 137 Å². The lowest BCUT2D eigenvalue weighted by Crippen LogP contribution is -2.27. The summed E-state index contributed by atoms with van der Waals surface area (Å²) in [5.74, 6) is 0. The Morgan fingerprint density at radius 2 is 0.636 bits per heavy atom. The third-order valence-electron chi connectivity index (χ3n) is 8.12. The monoisotopic (exact) mass is 614 g/mol. The highest BCUT2D eigenvalue weighted by Gasteiger charge is 2.35. The molecule has 0 N–H and O–H groups in total. The van der Waals surface area contributed by atoms with Crippen LogP contribution in [0.1, 0.15) is 182 Å². The molecule has 5 heteroatoms. The smallest absolute Gasteiger partial charge is 0.395 e. The summed E-state index contributed by atoms with van der Waals surface area (Å²) in [4.78, 5) is 13.0. The van der Waals surface area contributed by atoms with Crippen molar-refractivity contribution >= 4 is 6.16 Å². The zero-order valence-electron chi connectivity index (χ0n) is 30.9. The molecule has 2 rings (SSSR count). The number of carbonyl (C=O) groups excluding carboxylic acids is 1. The highest BCUT2D eigenvalue weighted by molar-refractivity contribution is 5.61. The summed E-state index contributed by atoms with van der Waals surface area (Å²) in [6, 6.07) is 7.69. The minimum absolute atomic E-state index is 0.187. The molecule has 0 aliphatic rings. The molecule has 0 aliphatic heterocycles. The minimum atomic E-state index is -2.13. The van der Waals surface area contributed by atoms with E-state index in [2.05, 4.69) is 83.1 Å². The Bertz CT molecular complexity index is 1240. The molecule has 2 atom stereocenters. The van der Waals surface area contributed by atoms with Gasteiger partial charge in [-0.2, -0.15) is 8.78 Å². The van der Waals surface area contributed by atoms with Gasteiger partial charge in [-0.25, -0.2) is 4.79 Å². The minimum Gasteiger partial charge on any atom is -0.395 e. The first-order valence-corrected chi connectivity index (χ1v) is 15.9. The van der Waals surface area contributed by atoms with Crippen LogP contribution < -0.4 is 0 Å². The van der Waals surface area contributed by atoms with Crippen molar-refractivity contribution in [2.45, 2.75) is 170 Å². The fourth-order valence-electron chi connectivity index (χ4n) is 5.71. The van der Waals surface area contributed by atoms with Gasteiger partial charge in [0.05, 0.1) is 0 Å². The number of rotatable bonds is 4. The van der Waals surface area contributed by atoms with Crippen molar-refractivity contribution in [1.82, 2.24) is 0 Å². The zero-order chi connectivity index (χ0) is 34.6. The van der Waals surface area contributed by atoms with E-state index in [4.69, 9.17) is 9.47 Å². The van der Waals surface area contributed by atoms with Gasteiger partial charge in [-0.15, -0.1) is 0 Å². The SMILES string of the molecule is CC(C)(C)c1cc(C(C)(C)C)c(C(C)(C)C)cc1C(F)OC(=O)OC(F)c1cc(C(C)(C)C)c(C(C)(C)C)cc1C(C)(C)C. The Labute approximate surface area is 267 Å². The summed E-state index contributed by atoms with van der Waals surface area (Å²) in [5, 5.41) is 0. The van der Waals surface area contributed by atoms with Crippen LogP contribution >= 0.6 is 0 Å². The number of alkyl halides is 2. The lowest BCUT2D eigenvalue weighted by Gasteiger charge is -2.35. The number of halogens is 2. The molecule has 0 aromatic heterocycles. The van der Waals surface area contributed by atoms with Gasteiger partial charge < -0.3 is 9.47 Å². The number of hydrogen-bond acceptors (Lipinski definition) is 3. The third-order valence-corrected chi connectivity index (χ3v) is 8.12. The quantitative estimate of drug-likeness (QED) is 0.321. The van der Waals surface area contributed by atoms with E-state index >= 15 is 8.78 Å². The second kappa shape index (κ2) is 12.1. The number of carbonyl (C=O) groups is 1. The predicted molar refractivity (Wildman–Crippen MR) is 180 cm³/mol. The maximum Gasteiger partial charge on any atom is 0.513 e. The van der Waals surface area contributed by atoms with Crippen LogP contribution in [-0.2, 0) is 42.0 Å². The van der Waals surface area contributed by atoms with Crippen molar-refractivity contribution in [3.63, 3.8) is 0 Å². The second-order valence-corrected chi connectivity index (χ2v) is 18.6. The van der Waals surface area contributed by atoms with Crippen molar-refractivity contribution < 1.29 is 23.0 Å². The van der Waals surface area contributed by atoms with Gasteiger partial charge in [-0.3, -0.25) is 0 Å². The molecule has 0 saturated heterocycles. The van der Waals surface area contributed by atoms with Gasteiger partial charge in [0.2, 0.25) is 0 Å². The molecule has 0 heterocycles. The Morgan fingerprint density at radius 3 is 0.841 bits per heavy atom. The normalized spacial score (nSPS) is 15.2. The average Bonchev–Trinajstić information content (AvgIpc) is 2.78. The molecule has 3 nitrogen and oxygen atoms in total. The highest BCUT2D eigenvalue weighted by atomic mass is 19.2. The van der Waals surface area contributed by atoms with Crippen molar-refractivity contribution in [1.29, 1.82) is 0 Å². The van der Waals surface area contributed by atoms with Crippen molar-refractivity contribution in [3.8, 4) is 0 Å². The average molecular weight is 615 g/mol. The Morgan fingerprint density at radius 1 is 0.432 bits per heavy atom. The molecule has 0 saturated carbocycles. The molecule has 0 aliphatic carbocycles. The van der Waals surface area contributed by atoms with E-state index in [-0.39, 0.29) is 32.8 Å².